The molecule has 2 heterocycles. The van der Waals surface area contributed by atoms with E-state index in [1.165, 1.54) is 11.1 Å². The van der Waals surface area contributed by atoms with Gasteiger partial charge in [-0.05, 0) is 24.3 Å². The monoisotopic (exact) mass is 283 g/mol. The van der Waals surface area contributed by atoms with E-state index in [1.54, 1.807) is 31.6 Å². The van der Waals surface area contributed by atoms with E-state index in [9.17, 15) is 4.79 Å². The maximum atomic E-state index is 12.1. The largest absolute Gasteiger partial charge is 0.444 e. The lowest BCUT2D eigenvalue weighted by molar-refractivity contribution is 0.102. The molecule has 7 heteroatoms. The predicted octanol–water partition coefficient (Wildman–Crippen LogP) is 1.91. The van der Waals surface area contributed by atoms with E-state index in [1.807, 2.05) is 12.1 Å². The number of carbonyl (C=O) groups excluding carboxylic acids is 1. The minimum absolute atomic E-state index is 0.205. The van der Waals surface area contributed by atoms with Gasteiger partial charge in [0.1, 0.15) is 0 Å². The zero-order valence-electron chi connectivity index (χ0n) is 11.3. The molecule has 21 heavy (non-hydrogen) atoms. The zero-order valence-corrected chi connectivity index (χ0v) is 11.3. The fourth-order valence-electron chi connectivity index (χ4n) is 1.95. The Balaban J connectivity index is 1.76. The zero-order chi connectivity index (χ0) is 14.8. The number of nitrogen functional groups attached to an aromatic ring is 1. The van der Waals surface area contributed by atoms with Crippen molar-refractivity contribution in [2.75, 3.05) is 11.1 Å². The van der Waals surface area contributed by atoms with E-state index in [0.29, 0.717) is 17.1 Å². The number of amides is 1. The van der Waals surface area contributed by atoms with Crippen LogP contribution < -0.4 is 11.1 Å². The number of rotatable bonds is 3. The predicted molar refractivity (Wildman–Crippen MR) is 77.5 cm³/mol. The first kappa shape index (κ1) is 12.9. The van der Waals surface area contributed by atoms with Crippen molar-refractivity contribution in [3.8, 4) is 11.3 Å². The van der Waals surface area contributed by atoms with Crippen molar-refractivity contribution < 1.29 is 9.21 Å². The summed E-state index contributed by atoms with van der Waals surface area (Å²) in [5.74, 6) is 0.322. The van der Waals surface area contributed by atoms with Gasteiger partial charge in [0.15, 0.2) is 17.8 Å². The first-order valence-electron chi connectivity index (χ1n) is 6.23. The van der Waals surface area contributed by atoms with Crippen molar-refractivity contribution in [3.05, 3.63) is 48.7 Å². The molecule has 1 aromatic carbocycles. The van der Waals surface area contributed by atoms with Gasteiger partial charge in [-0.15, -0.1) is 0 Å². The van der Waals surface area contributed by atoms with Crippen LogP contribution in [0.15, 0.2) is 47.5 Å². The van der Waals surface area contributed by atoms with Crippen LogP contribution in [-0.4, -0.2) is 20.7 Å². The summed E-state index contributed by atoms with van der Waals surface area (Å²) < 4.78 is 6.70. The Labute approximate surface area is 120 Å². The van der Waals surface area contributed by atoms with Crippen molar-refractivity contribution >= 4 is 17.3 Å². The number of nitrogens with one attached hydrogen (secondary N) is 1. The molecule has 0 fully saturated rings. The highest BCUT2D eigenvalue weighted by Gasteiger charge is 2.14. The van der Waals surface area contributed by atoms with E-state index >= 15 is 0 Å². The second-order valence-corrected chi connectivity index (χ2v) is 4.50. The van der Waals surface area contributed by atoms with Crippen LogP contribution in [0.4, 0.5) is 11.4 Å². The summed E-state index contributed by atoms with van der Waals surface area (Å²) in [6, 6.07) is 7.21. The topological polar surface area (TPSA) is 99.0 Å². The maximum Gasteiger partial charge on any atom is 0.278 e. The number of hydrogen-bond donors (Lipinski definition) is 2. The summed E-state index contributed by atoms with van der Waals surface area (Å²) in [4.78, 5) is 15.9. The summed E-state index contributed by atoms with van der Waals surface area (Å²) >= 11 is 0. The van der Waals surface area contributed by atoms with Gasteiger partial charge in [-0.25, -0.2) is 4.98 Å². The van der Waals surface area contributed by atoms with E-state index in [4.69, 9.17) is 10.2 Å². The fraction of sp³-hybridized carbons (Fsp3) is 0.0714. The Morgan fingerprint density at radius 1 is 1.33 bits per heavy atom. The number of aromatic nitrogens is 3. The van der Waals surface area contributed by atoms with Gasteiger partial charge in [0.05, 0.1) is 11.9 Å². The third-order valence-electron chi connectivity index (χ3n) is 2.93. The molecule has 2 aromatic heterocycles. The molecule has 0 aliphatic carbocycles. The minimum Gasteiger partial charge on any atom is -0.444 e. The minimum atomic E-state index is -0.347. The number of aryl methyl sites for hydroxylation is 1. The normalized spacial score (nSPS) is 10.5. The molecule has 3 N–H and O–H groups in total. The molecular formula is C14H13N5O2. The van der Waals surface area contributed by atoms with Crippen LogP contribution in [0.25, 0.3) is 11.3 Å². The van der Waals surface area contributed by atoms with Crippen LogP contribution in [0, 0.1) is 0 Å². The lowest BCUT2D eigenvalue weighted by atomic mass is 10.1. The van der Waals surface area contributed by atoms with Gasteiger partial charge in [0.2, 0.25) is 0 Å². The third-order valence-corrected chi connectivity index (χ3v) is 2.93. The van der Waals surface area contributed by atoms with Crippen LogP contribution in [0.3, 0.4) is 0 Å². The number of oxazole rings is 1. The summed E-state index contributed by atoms with van der Waals surface area (Å²) in [5.41, 5.74) is 7.79. The summed E-state index contributed by atoms with van der Waals surface area (Å²) in [6.07, 6.45) is 4.58. The molecule has 0 saturated heterocycles. The quantitative estimate of drug-likeness (QED) is 0.765. The molecule has 106 valence electrons. The molecule has 0 spiro atoms. The molecule has 0 atom stereocenters. The van der Waals surface area contributed by atoms with Crippen molar-refractivity contribution in [3.63, 3.8) is 0 Å². The molecule has 0 unspecified atom stereocenters. The number of nitrogens with two attached hydrogens (primary N) is 1. The Morgan fingerprint density at radius 2 is 2.10 bits per heavy atom. The summed E-state index contributed by atoms with van der Waals surface area (Å²) in [5, 5.41) is 6.76. The molecule has 0 saturated carbocycles. The maximum absolute atomic E-state index is 12.1. The second-order valence-electron chi connectivity index (χ2n) is 4.50. The number of nitrogens with zero attached hydrogens (tertiary/aromatic N) is 3. The Bertz CT molecular complexity index is 759. The van der Waals surface area contributed by atoms with Gasteiger partial charge < -0.3 is 15.5 Å². The molecule has 1 amide bonds. The third kappa shape index (κ3) is 2.62. The van der Waals surface area contributed by atoms with E-state index in [0.717, 1.165) is 5.56 Å². The second kappa shape index (κ2) is 5.12. The smallest absolute Gasteiger partial charge is 0.278 e. The lowest BCUT2D eigenvalue weighted by Gasteiger charge is -2.04. The Kier molecular flexibility index (Phi) is 3.15. The van der Waals surface area contributed by atoms with Crippen LogP contribution in [0.5, 0.6) is 0 Å². The highest BCUT2D eigenvalue weighted by molar-refractivity contribution is 6.06. The van der Waals surface area contributed by atoms with Crippen LogP contribution in [0.1, 0.15) is 10.5 Å². The van der Waals surface area contributed by atoms with Gasteiger partial charge in [-0.2, -0.15) is 5.10 Å². The highest BCUT2D eigenvalue weighted by atomic mass is 16.3. The molecule has 7 nitrogen and oxygen atoms in total. The first-order valence-corrected chi connectivity index (χ1v) is 6.23. The van der Waals surface area contributed by atoms with Crippen molar-refractivity contribution in [1.29, 1.82) is 0 Å². The van der Waals surface area contributed by atoms with Crippen LogP contribution >= 0.6 is 0 Å². The Hall–Kier alpha value is -3.09. The average Bonchev–Trinajstić information content (AvgIpc) is 3.09. The fourth-order valence-corrected chi connectivity index (χ4v) is 1.95. The van der Waals surface area contributed by atoms with Crippen LogP contribution in [-0.2, 0) is 7.05 Å². The molecular weight excluding hydrogens is 270 g/mol. The van der Waals surface area contributed by atoms with Gasteiger partial charge in [0.25, 0.3) is 5.91 Å². The van der Waals surface area contributed by atoms with Crippen LogP contribution in [0.2, 0.25) is 0 Å². The van der Waals surface area contributed by atoms with Crippen molar-refractivity contribution in [1.82, 2.24) is 14.8 Å². The van der Waals surface area contributed by atoms with Crippen molar-refractivity contribution in [2.24, 2.45) is 7.05 Å². The van der Waals surface area contributed by atoms with Crippen molar-refractivity contribution in [2.45, 2.75) is 0 Å². The van der Waals surface area contributed by atoms with E-state index < -0.39 is 0 Å². The molecule has 0 radical (unpaired) electrons. The van der Waals surface area contributed by atoms with Gasteiger partial charge >= 0.3 is 0 Å². The van der Waals surface area contributed by atoms with Gasteiger partial charge in [-0.1, -0.05) is 0 Å². The molecule has 0 aliphatic heterocycles. The molecule has 3 aromatic rings. The number of benzene rings is 1. The Morgan fingerprint density at radius 3 is 2.67 bits per heavy atom. The molecule has 0 bridgehead atoms. The summed E-state index contributed by atoms with van der Waals surface area (Å²) in [7, 11) is 1.71. The molecule has 3 rings (SSSR count). The van der Waals surface area contributed by atoms with E-state index in [-0.39, 0.29) is 11.6 Å². The lowest BCUT2D eigenvalue weighted by Crippen LogP contribution is -2.14. The van der Waals surface area contributed by atoms with Gasteiger partial charge in [-0.3, -0.25) is 9.48 Å². The van der Waals surface area contributed by atoms with E-state index in [2.05, 4.69) is 15.4 Å². The SMILES string of the molecule is Cn1cc(N)c(C(=O)Nc2ccc(-c3cnco3)cc2)n1. The average molecular weight is 283 g/mol. The standard InChI is InChI=1S/C14H13N5O2/c1-19-7-11(15)13(18-19)14(20)17-10-4-2-9(3-5-10)12-6-16-8-21-12/h2-8H,15H2,1H3,(H,17,20). The summed E-state index contributed by atoms with van der Waals surface area (Å²) in [6.45, 7) is 0. The highest BCUT2D eigenvalue weighted by Crippen LogP contribution is 2.21. The first-order chi connectivity index (χ1) is 10.1. The molecule has 0 aliphatic rings. The number of anilines is 2. The van der Waals surface area contributed by atoms with Gasteiger partial charge in [0, 0.05) is 24.5 Å². The number of hydrogen-bond acceptors (Lipinski definition) is 5. The number of carbonyl (C=O) groups is 1.